The molecule has 0 radical (unpaired) electrons. The number of nitrogens with zero attached hydrogens (tertiary/aromatic N) is 2. The maximum atomic E-state index is 5.69. The fraction of sp³-hybridized carbons (Fsp3) is 0.500. The van der Waals surface area contributed by atoms with E-state index in [1.165, 1.54) is 16.0 Å². The molecule has 2 aromatic rings. The second-order valence-electron chi connectivity index (χ2n) is 6.06. The molecule has 2 rings (SSSR count). The largest absolute Gasteiger partial charge is 0.377 e. The number of rotatable bonds is 10. The Balaban J connectivity index is 0.00000364. The van der Waals surface area contributed by atoms with Gasteiger partial charge < -0.3 is 15.4 Å². The molecule has 0 aliphatic carbocycles. The van der Waals surface area contributed by atoms with Crippen LogP contribution in [0.4, 0.5) is 0 Å². The highest BCUT2D eigenvalue weighted by Crippen LogP contribution is 2.12. The summed E-state index contributed by atoms with van der Waals surface area (Å²) in [4.78, 5) is 10.4. The summed E-state index contributed by atoms with van der Waals surface area (Å²) in [5.74, 6) is 0.838. The molecule has 2 N–H and O–H groups in total. The number of nitrogens with one attached hydrogen (secondary N) is 2. The molecule has 0 aliphatic rings. The molecule has 0 fully saturated rings. The molecule has 1 aromatic carbocycles. The van der Waals surface area contributed by atoms with Crippen molar-refractivity contribution in [1.29, 1.82) is 0 Å². The minimum atomic E-state index is 0. The van der Waals surface area contributed by atoms with Crippen LogP contribution < -0.4 is 10.6 Å². The van der Waals surface area contributed by atoms with Crippen LogP contribution in [0.3, 0.4) is 0 Å². The predicted octanol–water partition coefficient (Wildman–Crippen LogP) is 4.29. The molecule has 5 nitrogen and oxygen atoms in total. The Kier molecular flexibility index (Phi) is 12.3. The second kappa shape index (κ2) is 13.9. The Morgan fingerprint density at radius 2 is 1.96 bits per heavy atom. The van der Waals surface area contributed by atoms with Crippen LogP contribution in [0.5, 0.6) is 0 Å². The van der Waals surface area contributed by atoms with Crippen molar-refractivity contribution < 1.29 is 4.74 Å². The van der Waals surface area contributed by atoms with Crippen molar-refractivity contribution in [3.05, 3.63) is 51.5 Å². The number of halogens is 1. The molecule has 0 spiro atoms. The summed E-state index contributed by atoms with van der Waals surface area (Å²) in [5, 5.41) is 7.86. The van der Waals surface area contributed by atoms with Crippen molar-refractivity contribution in [2.75, 3.05) is 19.7 Å². The van der Waals surface area contributed by atoms with Gasteiger partial charge in [-0.1, -0.05) is 31.2 Å². The van der Waals surface area contributed by atoms with E-state index in [0.29, 0.717) is 13.2 Å². The van der Waals surface area contributed by atoms with Gasteiger partial charge in [0.25, 0.3) is 0 Å². The number of thiazole rings is 1. The van der Waals surface area contributed by atoms with E-state index >= 15 is 0 Å². The second-order valence-corrected chi connectivity index (χ2v) is 7.38. The lowest BCUT2D eigenvalue weighted by atomic mass is 10.1. The summed E-state index contributed by atoms with van der Waals surface area (Å²) < 4.78 is 5.69. The summed E-state index contributed by atoms with van der Waals surface area (Å²) >= 11 is 1.75. The molecular weight excluding hydrogens is 471 g/mol. The molecule has 0 saturated heterocycles. The molecule has 0 unspecified atom stereocenters. The van der Waals surface area contributed by atoms with Gasteiger partial charge in [0.05, 0.1) is 18.2 Å². The maximum Gasteiger partial charge on any atom is 0.191 e. The van der Waals surface area contributed by atoms with E-state index in [2.05, 4.69) is 60.7 Å². The topological polar surface area (TPSA) is 58.5 Å². The third-order valence-electron chi connectivity index (χ3n) is 3.78. The molecule has 0 bridgehead atoms. The minimum absolute atomic E-state index is 0. The van der Waals surface area contributed by atoms with E-state index in [-0.39, 0.29) is 24.0 Å². The van der Waals surface area contributed by atoms with Crippen molar-refractivity contribution in [2.24, 2.45) is 4.99 Å². The van der Waals surface area contributed by atoms with Crippen LogP contribution in [0, 0.1) is 6.92 Å². The van der Waals surface area contributed by atoms with E-state index in [1.54, 1.807) is 11.3 Å². The zero-order valence-electron chi connectivity index (χ0n) is 16.5. The number of ether oxygens (including phenoxy) is 1. The maximum absolute atomic E-state index is 5.69. The fourth-order valence-electron chi connectivity index (χ4n) is 2.49. The molecule has 150 valence electrons. The Bertz CT molecular complexity index is 690. The summed E-state index contributed by atoms with van der Waals surface area (Å²) in [6.45, 7) is 10.0. The highest BCUT2D eigenvalue weighted by molar-refractivity contribution is 14.0. The van der Waals surface area contributed by atoms with E-state index in [9.17, 15) is 0 Å². The van der Waals surface area contributed by atoms with E-state index < -0.39 is 0 Å². The molecule has 0 amide bonds. The first-order chi connectivity index (χ1) is 12.7. The van der Waals surface area contributed by atoms with Crippen molar-refractivity contribution in [2.45, 2.75) is 46.8 Å². The van der Waals surface area contributed by atoms with Crippen LogP contribution in [0.1, 0.15) is 41.3 Å². The predicted molar refractivity (Wildman–Crippen MR) is 125 cm³/mol. The number of aliphatic imine (C=N–C) groups is 1. The van der Waals surface area contributed by atoms with Crippen LogP contribution >= 0.6 is 35.3 Å². The lowest BCUT2D eigenvalue weighted by Crippen LogP contribution is -2.38. The number of hydrogen-bond acceptors (Lipinski definition) is 4. The standard InChI is InChI=1S/C20H30N4OS.HI/c1-4-12-25-15-18-9-7-6-8-17(18)14-24-20(21-5-2)22-11-10-19-23-13-16(3)26-19;/h6-9,13H,4-5,10-12,14-15H2,1-3H3,(H2,21,22,24);1H. The number of hydrogen-bond donors (Lipinski definition) is 2. The fourth-order valence-corrected chi connectivity index (χ4v) is 3.28. The highest BCUT2D eigenvalue weighted by atomic mass is 127. The molecule has 0 saturated carbocycles. The van der Waals surface area contributed by atoms with Crippen molar-refractivity contribution in [3.63, 3.8) is 0 Å². The van der Waals surface area contributed by atoms with Crippen LogP contribution in [-0.4, -0.2) is 30.6 Å². The third-order valence-corrected chi connectivity index (χ3v) is 4.75. The van der Waals surface area contributed by atoms with Gasteiger partial charge in [0.15, 0.2) is 5.96 Å². The Morgan fingerprint density at radius 1 is 1.19 bits per heavy atom. The van der Waals surface area contributed by atoms with Gasteiger partial charge in [0.2, 0.25) is 0 Å². The summed E-state index contributed by atoms with van der Waals surface area (Å²) in [6.07, 6.45) is 3.87. The molecule has 1 aromatic heterocycles. The minimum Gasteiger partial charge on any atom is -0.377 e. The molecule has 27 heavy (non-hydrogen) atoms. The first-order valence-corrected chi connectivity index (χ1v) is 10.1. The number of aryl methyl sites for hydroxylation is 1. The Hall–Kier alpha value is -1.19. The average molecular weight is 502 g/mol. The number of aromatic nitrogens is 1. The van der Waals surface area contributed by atoms with Gasteiger partial charge in [-0.2, -0.15) is 0 Å². The molecule has 7 heteroatoms. The van der Waals surface area contributed by atoms with Gasteiger partial charge >= 0.3 is 0 Å². The highest BCUT2D eigenvalue weighted by Gasteiger charge is 2.04. The van der Waals surface area contributed by atoms with Crippen LogP contribution in [0.25, 0.3) is 0 Å². The molecule has 0 atom stereocenters. The first kappa shape index (κ1) is 23.8. The van der Waals surface area contributed by atoms with Crippen molar-refractivity contribution >= 4 is 41.3 Å². The van der Waals surface area contributed by atoms with Crippen LogP contribution in [-0.2, 0) is 24.3 Å². The zero-order valence-corrected chi connectivity index (χ0v) is 19.6. The SMILES string of the molecule is CCCOCc1ccccc1CN=C(NCC)NCCc1ncc(C)s1.I. The van der Waals surface area contributed by atoms with Crippen LogP contribution in [0.15, 0.2) is 35.5 Å². The quantitative estimate of drug-likeness (QED) is 0.220. The number of benzene rings is 1. The van der Waals surface area contributed by atoms with Gasteiger partial charge in [0, 0.05) is 37.2 Å². The summed E-state index contributed by atoms with van der Waals surface area (Å²) in [5.41, 5.74) is 2.41. The van der Waals surface area contributed by atoms with E-state index in [1.807, 2.05) is 6.20 Å². The Morgan fingerprint density at radius 3 is 2.63 bits per heavy atom. The van der Waals surface area contributed by atoms with Gasteiger partial charge in [-0.05, 0) is 31.4 Å². The van der Waals surface area contributed by atoms with Gasteiger partial charge in [0.1, 0.15) is 0 Å². The van der Waals surface area contributed by atoms with E-state index in [0.717, 1.165) is 43.5 Å². The van der Waals surface area contributed by atoms with Crippen molar-refractivity contribution in [3.8, 4) is 0 Å². The van der Waals surface area contributed by atoms with Gasteiger partial charge in [-0.25, -0.2) is 9.98 Å². The summed E-state index contributed by atoms with van der Waals surface area (Å²) in [6, 6.07) is 8.35. The lowest BCUT2D eigenvalue weighted by molar-refractivity contribution is 0.121. The van der Waals surface area contributed by atoms with Gasteiger partial charge in [-0.15, -0.1) is 35.3 Å². The normalized spacial score (nSPS) is 11.1. The van der Waals surface area contributed by atoms with Gasteiger partial charge in [-0.3, -0.25) is 0 Å². The molecule has 0 aliphatic heterocycles. The number of guanidine groups is 1. The van der Waals surface area contributed by atoms with Crippen LogP contribution in [0.2, 0.25) is 0 Å². The lowest BCUT2D eigenvalue weighted by Gasteiger charge is -2.12. The Labute approximate surface area is 184 Å². The monoisotopic (exact) mass is 502 g/mol. The average Bonchev–Trinajstić information content (AvgIpc) is 3.06. The summed E-state index contributed by atoms with van der Waals surface area (Å²) in [7, 11) is 0. The molecule has 1 heterocycles. The first-order valence-electron chi connectivity index (χ1n) is 9.31. The smallest absolute Gasteiger partial charge is 0.191 e. The molecular formula is C20H31IN4OS. The van der Waals surface area contributed by atoms with E-state index in [4.69, 9.17) is 9.73 Å². The third kappa shape index (κ3) is 9.03. The zero-order chi connectivity index (χ0) is 18.6. The van der Waals surface area contributed by atoms with Crippen molar-refractivity contribution in [1.82, 2.24) is 15.6 Å².